The molecule has 2 aliphatic rings. The van der Waals surface area contributed by atoms with Crippen LogP contribution >= 0.6 is 0 Å². The van der Waals surface area contributed by atoms with E-state index in [1.165, 1.54) is 0 Å². The zero-order valence-corrected chi connectivity index (χ0v) is 10.3. The second-order valence-electron chi connectivity index (χ2n) is 5.38. The van der Waals surface area contributed by atoms with E-state index in [4.69, 9.17) is 5.73 Å². The van der Waals surface area contributed by atoms with Crippen LogP contribution in [0.2, 0.25) is 0 Å². The van der Waals surface area contributed by atoms with Crippen molar-refractivity contribution in [3.05, 3.63) is 48.0 Å². The predicted molar refractivity (Wildman–Crippen MR) is 69.2 cm³/mol. The van der Waals surface area contributed by atoms with Crippen LogP contribution in [0.15, 0.2) is 42.5 Å². The molecule has 1 aromatic carbocycles. The summed E-state index contributed by atoms with van der Waals surface area (Å²) in [5.74, 6) is -2.93. The zero-order chi connectivity index (χ0) is 13.6. The van der Waals surface area contributed by atoms with Gasteiger partial charge in [0.1, 0.15) is 0 Å². The SMILES string of the molecule is NC(=O)C1C(C(=O)O)C2C=CC1(c1ccccc1)C2. The number of carboxylic acids is 1. The van der Waals surface area contributed by atoms with Gasteiger partial charge in [-0.15, -0.1) is 0 Å². The summed E-state index contributed by atoms with van der Waals surface area (Å²) < 4.78 is 0. The summed E-state index contributed by atoms with van der Waals surface area (Å²) in [7, 11) is 0. The third-order valence-electron chi connectivity index (χ3n) is 4.49. The highest BCUT2D eigenvalue weighted by Crippen LogP contribution is 2.57. The molecule has 1 fully saturated rings. The van der Waals surface area contributed by atoms with Gasteiger partial charge in [0.05, 0.1) is 11.8 Å². The lowest BCUT2D eigenvalue weighted by Gasteiger charge is -2.33. The highest BCUT2D eigenvalue weighted by molar-refractivity contribution is 5.87. The largest absolute Gasteiger partial charge is 0.481 e. The summed E-state index contributed by atoms with van der Waals surface area (Å²) in [5.41, 5.74) is 5.93. The highest BCUT2D eigenvalue weighted by atomic mass is 16.4. The van der Waals surface area contributed by atoms with E-state index in [-0.39, 0.29) is 5.92 Å². The number of amides is 1. The molecular weight excluding hydrogens is 242 g/mol. The van der Waals surface area contributed by atoms with Crippen LogP contribution in [0.3, 0.4) is 0 Å². The maximum Gasteiger partial charge on any atom is 0.307 e. The molecule has 2 bridgehead atoms. The normalized spacial score (nSPS) is 35.5. The van der Waals surface area contributed by atoms with Crippen LogP contribution < -0.4 is 5.73 Å². The fraction of sp³-hybridized carbons (Fsp3) is 0.333. The van der Waals surface area contributed by atoms with E-state index in [9.17, 15) is 14.7 Å². The molecule has 4 unspecified atom stereocenters. The number of carboxylic acid groups (broad SMARTS) is 1. The first-order valence-electron chi connectivity index (χ1n) is 6.33. The maximum absolute atomic E-state index is 11.8. The van der Waals surface area contributed by atoms with Crippen molar-refractivity contribution in [1.82, 2.24) is 0 Å². The molecule has 19 heavy (non-hydrogen) atoms. The molecule has 3 N–H and O–H groups in total. The second-order valence-corrected chi connectivity index (χ2v) is 5.38. The lowest BCUT2D eigenvalue weighted by Crippen LogP contribution is -2.44. The number of allylic oxidation sites excluding steroid dienone is 2. The smallest absolute Gasteiger partial charge is 0.307 e. The Morgan fingerprint density at radius 1 is 1.26 bits per heavy atom. The van der Waals surface area contributed by atoms with Gasteiger partial charge in [-0.2, -0.15) is 0 Å². The third-order valence-corrected chi connectivity index (χ3v) is 4.49. The number of rotatable bonds is 3. The van der Waals surface area contributed by atoms with Crippen molar-refractivity contribution < 1.29 is 14.7 Å². The first-order valence-corrected chi connectivity index (χ1v) is 6.33. The average Bonchev–Trinajstić information content (AvgIpc) is 2.96. The van der Waals surface area contributed by atoms with Gasteiger partial charge in [0.15, 0.2) is 0 Å². The molecule has 1 aromatic rings. The van der Waals surface area contributed by atoms with E-state index in [1.807, 2.05) is 42.5 Å². The van der Waals surface area contributed by atoms with Crippen molar-refractivity contribution >= 4 is 11.9 Å². The molecule has 1 saturated carbocycles. The maximum atomic E-state index is 11.8. The fourth-order valence-corrected chi connectivity index (χ4v) is 3.76. The third kappa shape index (κ3) is 1.52. The molecule has 0 spiro atoms. The van der Waals surface area contributed by atoms with Crippen LogP contribution in [-0.2, 0) is 15.0 Å². The molecule has 4 nitrogen and oxygen atoms in total. The van der Waals surface area contributed by atoms with Gasteiger partial charge in [-0.3, -0.25) is 9.59 Å². The second kappa shape index (κ2) is 3.95. The lowest BCUT2D eigenvalue weighted by atomic mass is 9.69. The lowest BCUT2D eigenvalue weighted by molar-refractivity contribution is -0.147. The number of carbonyl (C=O) groups is 2. The Labute approximate surface area is 110 Å². The number of benzene rings is 1. The average molecular weight is 257 g/mol. The van der Waals surface area contributed by atoms with Crippen LogP contribution in [-0.4, -0.2) is 17.0 Å². The Kier molecular flexibility index (Phi) is 2.49. The number of aliphatic carboxylic acids is 1. The summed E-state index contributed by atoms with van der Waals surface area (Å²) in [6.45, 7) is 0. The summed E-state index contributed by atoms with van der Waals surface area (Å²) >= 11 is 0. The van der Waals surface area contributed by atoms with Crippen molar-refractivity contribution in [2.24, 2.45) is 23.5 Å². The van der Waals surface area contributed by atoms with Crippen molar-refractivity contribution in [2.45, 2.75) is 11.8 Å². The number of primary amides is 1. The Morgan fingerprint density at radius 3 is 2.53 bits per heavy atom. The number of hydrogen-bond donors (Lipinski definition) is 2. The molecule has 2 aliphatic carbocycles. The molecule has 1 amide bonds. The standard InChI is InChI=1S/C15H15NO3/c16-13(17)12-11(14(18)19)9-6-7-15(12,8-9)10-4-2-1-3-5-10/h1-7,9,11-12H,8H2,(H2,16,17)(H,18,19). The van der Waals surface area contributed by atoms with Gasteiger partial charge in [0.2, 0.25) is 5.91 Å². The summed E-state index contributed by atoms with van der Waals surface area (Å²) in [6.07, 6.45) is 4.55. The molecule has 4 atom stereocenters. The van der Waals surface area contributed by atoms with Crippen LogP contribution in [0.5, 0.6) is 0 Å². The van der Waals surface area contributed by atoms with Gasteiger partial charge in [-0.05, 0) is 17.9 Å². The Hall–Kier alpha value is -2.10. The Morgan fingerprint density at radius 2 is 1.95 bits per heavy atom. The van der Waals surface area contributed by atoms with Gasteiger partial charge in [0.25, 0.3) is 0 Å². The molecule has 98 valence electrons. The van der Waals surface area contributed by atoms with Crippen LogP contribution in [0.25, 0.3) is 0 Å². The minimum atomic E-state index is -0.934. The summed E-state index contributed by atoms with van der Waals surface area (Å²) in [4.78, 5) is 23.2. The Balaban J connectivity index is 2.13. The molecule has 0 saturated heterocycles. The molecule has 0 heterocycles. The number of hydrogen-bond acceptors (Lipinski definition) is 2. The van der Waals surface area contributed by atoms with Crippen LogP contribution in [0, 0.1) is 17.8 Å². The van der Waals surface area contributed by atoms with Gasteiger partial charge >= 0.3 is 5.97 Å². The Bertz CT molecular complexity index is 566. The summed E-state index contributed by atoms with van der Waals surface area (Å²) in [5, 5.41) is 9.37. The topological polar surface area (TPSA) is 80.4 Å². The van der Waals surface area contributed by atoms with Crippen molar-refractivity contribution in [1.29, 1.82) is 0 Å². The van der Waals surface area contributed by atoms with Crippen molar-refractivity contribution in [3.63, 3.8) is 0 Å². The van der Waals surface area contributed by atoms with Crippen LogP contribution in [0.1, 0.15) is 12.0 Å². The van der Waals surface area contributed by atoms with E-state index >= 15 is 0 Å². The monoisotopic (exact) mass is 257 g/mol. The summed E-state index contributed by atoms with van der Waals surface area (Å²) in [6, 6.07) is 9.58. The van der Waals surface area contributed by atoms with Gasteiger partial charge in [-0.25, -0.2) is 0 Å². The van der Waals surface area contributed by atoms with E-state index in [0.29, 0.717) is 6.42 Å². The minimum absolute atomic E-state index is 0.102. The fourth-order valence-electron chi connectivity index (χ4n) is 3.76. The minimum Gasteiger partial charge on any atom is -0.481 e. The number of fused-ring (bicyclic) bond motifs is 2. The van der Waals surface area contributed by atoms with Gasteiger partial charge < -0.3 is 10.8 Å². The molecule has 3 rings (SSSR count). The van der Waals surface area contributed by atoms with E-state index in [0.717, 1.165) is 5.56 Å². The first kappa shape index (κ1) is 12.0. The molecule has 0 aliphatic heterocycles. The number of carbonyl (C=O) groups excluding carboxylic acids is 1. The van der Waals surface area contributed by atoms with E-state index in [2.05, 4.69) is 0 Å². The predicted octanol–water partition coefficient (Wildman–Crippen LogP) is 1.32. The molecule has 0 radical (unpaired) electrons. The first-order chi connectivity index (χ1) is 9.06. The van der Waals surface area contributed by atoms with Crippen molar-refractivity contribution in [3.8, 4) is 0 Å². The van der Waals surface area contributed by atoms with Crippen molar-refractivity contribution in [2.75, 3.05) is 0 Å². The molecule has 0 aromatic heterocycles. The van der Waals surface area contributed by atoms with E-state index in [1.54, 1.807) is 0 Å². The van der Waals surface area contributed by atoms with Gasteiger partial charge in [-0.1, -0.05) is 42.5 Å². The van der Waals surface area contributed by atoms with Gasteiger partial charge in [0, 0.05) is 5.41 Å². The molecule has 4 heteroatoms. The zero-order valence-electron chi connectivity index (χ0n) is 10.3. The highest BCUT2D eigenvalue weighted by Gasteiger charge is 2.60. The number of nitrogens with two attached hydrogens (primary N) is 1. The van der Waals surface area contributed by atoms with Crippen LogP contribution in [0.4, 0.5) is 0 Å². The molecular formula is C15H15NO3. The van der Waals surface area contributed by atoms with E-state index < -0.39 is 29.1 Å². The quantitative estimate of drug-likeness (QED) is 0.801.